The molecule has 0 radical (unpaired) electrons. The molecule has 4 heteroatoms. The van der Waals surface area contributed by atoms with Gasteiger partial charge in [-0.3, -0.25) is 0 Å². The van der Waals surface area contributed by atoms with Crippen molar-refractivity contribution >= 4 is 46.2 Å². The molecular weight excluding hydrogens is 570 g/mol. The van der Waals surface area contributed by atoms with Crippen LogP contribution in [0.3, 0.4) is 0 Å². The Labute approximate surface area is 276 Å². The second-order valence-electron chi connectivity index (χ2n) is 12.5. The number of benzene rings is 7. The van der Waals surface area contributed by atoms with E-state index in [2.05, 4.69) is 159 Å². The average Bonchev–Trinajstić information content (AvgIpc) is 3.13. The van der Waals surface area contributed by atoms with Gasteiger partial charge in [-0.15, -0.1) is 0 Å². The van der Waals surface area contributed by atoms with Gasteiger partial charge in [0.1, 0.15) is 23.0 Å². The largest absolute Gasteiger partial charge is 0.458 e. The molecule has 0 aliphatic carbocycles. The van der Waals surface area contributed by atoms with Crippen molar-refractivity contribution in [2.75, 3.05) is 0 Å². The first-order valence-corrected chi connectivity index (χ1v) is 16.2. The summed E-state index contributed by atoms with van der Waals surface area (Å²) < 4.78 is 12.7. The smallest absolute Gasteiger partial charge is 0.252 e. The Morgan fingerprint density at radius 1 is 0.383 bits per heavy atom. The van der Waals surface area contributed by atoms with Gasteiger partial charge in [-0.2, -0.15) is 0 Å². The van der Waals surface area contributed by atoms with E-state index in [0.717, 1.165) is 23.0 Å². The predicted molar refractivity (Wildman–Crippen MR) is 197 cm³/mol. The zero-order valence-electron chi connectivity index (χ0n) is 26.1. The summed E-state index contributed by atoms with van der Waals surface area (Å²) in [5.41, 5.74) is 13.5. The van der Waals surface area contributed by atoms with Crippen LogP contribution < -0.4 is 42.3 Å². The fourth-order valence-electron chi connectivity index (χ4n) is 7.55. The second kappa shape index (κ2) is 11.3. The van der Waals surface area contributed by atoms with Gasteiger partial charge in [0, 0.05) is 0 Å². The minimum Gasteiger partial charge on any atom is -0.458 e. The van der Waals surface area contributed by atoms with Crippen molar-refractivity contribution in [1.82, 2.24) is 0 Å². The molecule has 7 aromatic rings. The number of para-hydroxylation sites is 4. The molecule has 0 saturated carbocycles. The van der Waals surface area contributed by atoms with Crippen molar-refractivity contribution in [2.24, 2.45) is 0 Å². The van der Waals surface area contributed by atoms with E-state index in [1.807, 2.05) is 12.1 Å². The molecule has 2 aliphatic heterocycles. The molecule has 0 fully saturated rings. The molecule has 9 rings (SSSR count). The van der Waals surface area contributed by atoms with E-state index in [-0.39, 0.29) is 13.4 Å². The molecule has 220 valence electrons. The zero-order chi connectivity index (χ0) is 31.3. The first kappa shape index (κ1) is 27.6. The Balaban J connectivity index is 1.11. The molecule has 0 N–H and O–H groups in total. The highest BCUT2D eigenvalue weighted by Gasteiger charge is 2.35. The minimum atomic E-state index is 0.0777. The molecule has 2 nitrogen and oxygen atoms in total. The van der Waals surface area contributed by atoms with E-state index in [1.54, 1.807) is 0 Å². The first-order chi connectivity index (χ1) is 23.2. The van der Waals surface area contributed by atoms with Crippen molar-refractivity contribution in [1.29, 1.82) is 0 Å². The molecule has 2 aliphatic rings. The lowest BCUT2D eigenvalue weighted by Crippen LogP contribution is -2.56. The third-order valence-corrected chi connectivity index (χ3v) is 9.72. The minimum absolute atomic E-state index is 0.0777. The fraction of sp³-hybridized carbons (Fsp3) is 0.0233. The number of hydrogen-bond acceptors (Lipinski definition) is 2. The summed E-state index contributed by atoms with van der Waals surface area (Å²) >= 11 is 0. The van der Waals surface area contributed by atoms with Gasteiger partial charge < -0.3 is 9.47 Å². The van der Waals surface area contributed by atoms with E-state index in [0.29, 0.717) is 0 Å². The lowest BCUT2D eigenvalue weighted by Gasteiger charge is -2.29. The summed E-state index contributed by atoms with van der Waals surface area (Å²) in [6.07, 6.45) is 0. The van der Waals surface area contributed by atoms with Crippen LogP contribution in [0.2, 0.25) is 0 Å². The van der Waals surface area contributed by atoms with E-state index >= 15 is 0 Å². The Morgan fingerprint density at radius 2 is 0.851 bits per heavy atom. The number of fused-ring (bicyclic) bond motifs is 4. The van der Waals surface area contributed by atoms with Crippen molar-refractivity contribution in [3.8, 4) is 45.3 Å². The highest BCUT2D eigenvalue weighted by molar-refractivity contribution is 6.98. The monoisotopic (exact) mass is 600 g/mol. The third-order valence-electron chi connectivity index (χ3n) is 9.72. The van der Waals surface area contributed by atoms with Crippen LogP contribution in [0.15, 0.2) is 164 Å². The quantitative estimate of drug-likeness (QED) is 0.213. The van der Waals surface area contributed by atoms with Crippen molar-refractivity contribution in [2.45, 2.75) is 6.92 Å². The van der Waals surface area contributed by atoms with Crippen molar-refractivity contribution < 1.29 is 9.47 Å². The van der Waals surface area contributed by atoms with Gasteiger partial charge in [-0.1, -0.05) is 156 Å². The maximum atomic E-state index is 6.36. The molecule has 0 saturated heterocycles. The van der Waals surface area contributed by atoms with Gasteiger partial charge in [0.15, 0.2) is 0 Å². The SMILES string of the molecule is Cc1cccc(-c2ccc(-c3cccc(B4c5ccccc5Oc5ccccc54)c3)cc2)c1B1c2ccccc2Oc2ccccc21. The van der Waals surface area contributed by atoms with Gasteiger partial charge in [-0.25, -0.2) is 0 Å². The van der Waals surface area contributed by atoms with Crippen molar-refractivity contribution in [3.63, 3.8) is 0 Å². The number of ether oxygens (including phenoxy) is 2. The summed E-state index contributed by atoms with van der Waals surface area (Å²) in [7, 11) is 0. The molecule has 0 spiro atoms. The molecule has 7 aromatic carbocycles. The molecule has 0 amide bonds. The Morgan fingerprint density at radius 3 is 1.40 bits per heavy atom. The predicted octanol–water partition coefficient (Wildman–Crippen LogP) is 6.57. The third kappa shape index (κ3) is 4.68. The van der Waals surface area contributed by atoms with Crippen LogP contribution in [0.5, 0.6) is 23.0 Å². The number of hydrogen-bond donors (Lipinski definition) is 0. The fourth-order valence-corrected chi connectivity index (χ4v) is 7.55. The highest BCUT2D eigenvalue weighted by Crippen LogP contribution is 2.29. The maximum Gasteiger partial charge on any atom is 0.252 e. The number of aryl methyl sites for hydroxylation is 1. The van der Waals surface area contributed by atoms with E-state index in [4.69, 9.17) is 9.47 Å². The lowest BCUT2D eigenvalue weighted by atomic mass is 9.34. The average molecular weight is 600 g/mol. The van der Waals surface area contributed by atoms with Crippen LogP contribution in [0, 0.1) is 6.92 Å². The lowest BCUT2D eigenvalue weighted by molar-refractivity contribution is 0.487. The van der Waals surface area contributed by atoms with E-state index in [1.165, 1.54) is 60.6 Å². The topological polar surface area (TPSA) is 18.5 Å². The molecule has 0 unspecified atom stereocenters. The Bertz CT molecular complexity index is 2200. The maximum absolute atomic E-state index is 6.36. The summed E-state index contributed by atoms with van der Waals surface area (Å²) in [6.45, 7) is 2.41. The van der Waals surface area contributed by atoms with Gasteiger partial charge in [0.25, 0.3) is 13.4 Å². The van der Waals surface area contributed by atoms with E-state index < -0.39 is 0 Å². The second-order valence-corrected chi connectivity index (χ2v) is 12.5. The van der Waals surface area contributed by atoms with Crippen molar-refractivity contribution in [3.05, 3.63) is 169 Å². The number of rotatable bonds is 4. The van der Waals surface area contributed by atoms with Crippen LogP contribution in [0.1, 0.15) is 5.56 Å². The molecule has 0 bridgehead atoms. The van der Waals surface area contributed by atoms with Gasteiger partial charge in [-0.05, 0) is 75.3 Å². The summed E-state index contributed by atoms with van der Waals surface area (Å²) in [4.78, 5) is 0. The molecule has 0 aromatic heterocycles. The van der Waals surface area contributed by atoms with Gasteiger partial charge >= 0.3 is 0 Å². The highest BCUT2D eigenvalue weighted by atomic mass is 16.5. The van der Waals surface area contributed by atoms with Crippen LogP contribution >= 0.6 is 0 Å². The first-order valence-electron chi connectivity index (χ1n) is 16.2. The summed E-state index contributed by atoms with van der Waals surface area (Å²) in [5, 5.41) is 0. The van der Waals surface area contributed by atoms with Crippen LogP contribution in [-0.4, -0.2) is 13.4 Å². The summed E-state index contributed by atoms with van der Waals surface area (Å²) in [5.74, 6) is 3.70. The molecule has 2 heterocycles. The summed E-state index contributed by atoms with van der Waals surface area (Å²) in [6, 6.07) is 58.4. The normalized spacial score (nSPS) is 12.6. The standard InChI is InChI=1S/C43H30B2O2/c1-29-12-10-15-34(43(29)45-37-18-4-8-22-41(37)47-42-23-9-5-19-38(42)45)31-26-24-30(25-27-31)32-13-11-14-33(28-32)44-35-16-2-6-20-39(35)46-40-21-7-3-17-36(40)44/h2-28H,1H3. The van der Waals surface area contributed by atoms with Gasteiger partial charge in [0.2, 0.25) is 0 Å². The molecule has 47 heavy (non-hydrogen) atoms. The van der Waals surface area contributed by atoms with Crippen LogP contribution in [0.25, 0.3) is 22.3 Å². The Kier molecular flexibility index (Phi) is 6.60. The molecular formula is C43H30B2O2. The molecule has 0 atom stereocenters. The Hall–Kier alpha value is -5.73. The van der Waals surface area contributed by atoms with Gasteiger partial charge in [0.05, 0.1) is 0 Å². The van der Waals surface area contributed by atoms with E-state index in [9.17, 15) is 0 Å². The van der Waals surface area contributed by atoms with Crippen LogP contribution in [0.4, 0.5) is 0 Å². The zero-order valence-corrected chi connectivity index (χ0v) is 26.1. The van der Waals surface area contributed by atoms with Crippen LogP contribution in [-0.2, 0) is 0 Å².